The topological polar surface area (TPSA) is 128 Å². The van der Waals surface area contributed by atoms with Crippen LogP contribution in [0.5, 0.6) is 5.75 Å². The van der Waals surface area contributed by atoms with Gasteiger partial charge >= 0.3 is 12.1 Å². The van der Waals surface area contributed by atoms with Crippen molar-refractivity contribution in [1.82, 2.24) is 5.32 Å². The van der Waals surface area contributed by atoms with Crippen molar-refractivity contribution >= 4 is 27.6 Å². The largest absolute Gasteiger partial charge is 0.470 e. The van der Waals surface area contributed by atoms with Crippen molar-refractivity contribution in [3.05, 3.63) is 57.6 Å². The molecule has 0 aromatic heterocycles. The van der Waals surface area contributed by atoms with Crippen LogP contribution in [0.25, 0.3) is 0 Å². The maximum atomic E-state index is 11.5. The highest BCUT2D eigenvalue weighted by Crippen LogP contribution is 2.43. The predicted octanol–water partition coefficient (Wildman–Crippen LogP) is 2.72. The van der Waals surface area contributed by atoms with E-state index in [9.17, 15) is 26.1 Å². The SMILES string of the molecule is NC(=O)C(F)(F)F.O=S(=O)(O)c1cccc(C2CNCCc3c2cc2c(c3Cl)OOC2)c1. The van der Waals surface area contributed by atoms with E-state index in [2.05, 4.69) is 11.1 Å². The number of benzene rings is 2. The zero-order valence-corrected chi connectivity index (χ0v) is 17.9. The van der Waals surface area contributed by atoms with Crippen LogP contribution in [0, 0.1) is 0 Å². The third-order valence-corrected chi connectivity index (χ3v) is 6.15. The molecule has 174 valence electrons. The molecule has 0 bridgehead atoms. The lowest BCUT2D eigenvalue weighted by Crippen LogP contribution is -2.30. The summed E-state index contributed by atoms with van der Waals surface area (Å²) in [6, 6.07) is 8.38. The van der Waals surface area contributed by atoms with Crippen LogP contribution in [-0.4, -0.2) is 38.1 Å². The molecular formula is C19H18ClF3N2O6S. The molecule has 0 saturated carbocycles. The van der Waals surface area contributed by atoms with Gasteiger partial charge in [-0.25, -0.2) is 0 Å². The van der Waals surface area contributed by atoms with E-state index < -0.39 is 22.2 Å². The van der Waals surface area contributed by atoms with E-state index in [0.29, 0.717) is 23.9 Å². The molecule has 13 heteroatoms. The fourth-order valence-electron chi connectivity index (χ4n) is 3.42. The Labute approximate surface area is 186 Å². The number of nitrogens with two attached hydrogens (primary N) is 1. The number of carbonyl (C=O) groups excluding carboxylic acids is 1. The molecule has 0 aliphatic carbocycles. The third-order valence-electron chi connectivity index (χ3n) is 4.90. The average molecular weight is 495 g/mol. The number of primary amides is 1. The monoisotopic (exact) mass is 494 g/mol. The molecule has 0 radical (unpaired) electrons. The second kappa shape index (κ2) is 9.24. The van der Waals surface area contributed by atoms with Crippen molar-refractivity contribution < 1.29 is 40.7 Å². The lowest BCUT2D eigenvalue weighted by molar-refractivity contribution is -0.194. The lowest BCUT2D eigenvalue weighted by atomic mass is 9.87. The van der Waals surface area contributed by atoms with Gasteiger partial charge in [-0.2, -0.15) is 26.5 Å². The number of hydrogen-bond acceptors (Lipinski definition) is 6. The number of carbonyl (C=O) groups is 1. The number of nitrogens with one attached hydrogen (secondary N) is 1. The zero-order valence-electron chi connectivity index (χ0n) is 16.3. The van der Waals surface area contributed by atoms with Crippen molar-refractivity contribution in [3.8, 4) is 5.75 Å². The summed E-state index contributed by atoms with van der Waals surface area (Å²) in [5.74, 6) is -1.79. The Kier molecular flexibility index (Phi) is 7.00. The number of halogens is 4. The highest BCUT2D eigenvalue weighted by atomic mass is 35.5. The summed E-state index contributed by atoms with van der Waals surface area (Å²) in [5, 5.41) is 3.91. The normalized spacial score (nSPS) is 17.8. The van der Waals surface area contributed by atoms with Crippen molar-refractivity contribution in [1.29, 1.82) is 0 Å². The summed E-state index contributed by atoms with van der Waals surface area (Å²) < 4.78 is 64.4. The van der Waals surface area contributed by atoms with Crippen LogP contribution < -0.4 is 15.9 Å². The highest BCUT2D eigenvalue weighted by molar-refractivity contribution is 7.85. The average Bonchev–Trinajstić information content (AvgIpc) is 3.07. The van der Waals surface area contributed by atoms with E-state index >= 15 is 0 Å². The van der Waals surface area contributed by atoms with Crippen molar-refractivity contribution in [3.63, 3.8) is 0 Å². The molecule has 4 N–H and O–H groups in total. The first-order valence-electron chi connectivity index (χ1n) is 9.18. The van der Waals surface area contributed by atoms with E-state index in [-0.39, 0.29) is 10.8 Å². The predicted molar refractivity (Wildman–Crippen MR) is 107 cm³/mol. The van der Waals surface area contributed by atoms with Gasteiger partial charge in [-0.15, -0.1) is 0 Å². The van der Waals surface area contributed by atoms with Gasteiger partial charge in [0.25, 0.3) is 10.1 Å². The van der Waals surface area contributed by atoms with Crippen LogP contribution in [0.4, 0.5) is 13.2 Å². The van der Waals surface area contributed by atoms with Crippen molar-refractivity contribution in [2.45, 2.75) is 30.0 Å². The molecular weight excluding hydrogens is 477 g/mol. The van der Waals surface area contributed by atoms with Gasteiger partial charge in [0, 0.05) is 18.0 Å². The summed E-state index contributed by atoms with van der Waals surface area (Å²) in [6.45, 7) is 1.72. The van der Waals surface area contributed by atoms with Gasteiger partial charge < -0.3 is 15.9 Å². The molecule has 8 nitrogen and oxygen atoms in total. The number of rotatable bonds is 2. The summed E-state index contributed by atoms with van der Waals surface area (Å²) in [4.78, 5) is 19.2. The summed E-state index contributed by atoms with van der Waals surface area (Å²) in [5.41, 5.74) is 7.47. The molecule has 0 saturated heterocycles. The lowest BCUT2D eigenvalue weighted by Gasteiger charge is -2.20. The molecule has 2 aliphatic rings. The Morgan fingerprint density at radius 3 is 2.59 bits per heavy atom. The van der Waals surface area contributed by atoms with Gasteiger partial charge in [-0.05, 0) is 47.9 Å². The minimum absolute atomic E-state index is 0.0948. The molecule has 2 aromatic rings. The molecule has 2 heterocycles. The molecule has 1 atom stereocenters. The van der Waals surface area contributed by atoms with E-state index in [1.807, 2.05) is 12.1 Å². The number of amides is 1. The van der Waals surface area contributed by atoms with Gasteiger partial charge in [0.1, 0.15) is 6.61 Å². The second-order valence-corrected chi connectivity index (χ2v) is 8.81. The number of fused-ring (bicyclic) bond motifs is 2. The minimum Gasteiger partial charge on any atom is -0.362 e. The van der Waals surface area contributed by atoms with E-state index in [1.165, 1.54) is 12.1 Å². The van der Waals surface area contributed by atoms with Crippen molar-refractivity contribution in [2.75, 3.05) is 13.1 Å². The van der Waals surface area contributed by atoms with Crippen LogP contribution in [0.1, 0.15) is 28.2 Å². The molecule has 4 rings (SSSR count). The van der Waals surface area contributed by atoms with Crippen LogP contribution in [-0.2, 0) is 32.8 Å². The Bertz CT molecular complexity index is 1140. The van der Waals surface area contributed by atoms with Crippen LogP contribution in [0.3, 0.4) is 0 Å². The second-order valence-electron chi connectivity index (χ2n) is 7.01. The van der Waals surface area contributed by atoms with E-state index in [1.54, 1.807) is 6.07 Å². The molecule has 2 aliphatic heterocycles. The van der Waals surface area contributed by atoms with Crippen LogP contribution in [0.15, 0.2) is 35.2 Å². The fourth-order valence-corrected chi connectivity index (χ4v) is 4.31. The third kappa shape index (κ3) is 5.33. The van der Waals surface area contributed by atoms with Gasteiger partial charge in [0.05, 0.1) is 9.92 Å². The summed E-state index contributed by atoms with van der Waals surface area (Å²) >= 11 is 6.53. The first-order valence-corrected chi connectivity index (χ1v) is 11.0. The Morgan fingerprint density at radius 1 is 1.28 bits per heavy atom. The molecule has 0 spiro atoms. The molecule has 2 aromatic carbocycles. The fraction of sp³-hybridized carbons (Fsp3) is 0.316. The molecule has 1 amide bonds. The Hall–Kier alpha value is -2.38. The van der Waals surface area contributed by atoms with Gasteiger partial charge in [-0.3, -0.25) is 9.35 Å². The van der Waals surface area contributed by atoms with Gasteiger partial charge in [0.2, 0.25) is 0 Å². The Balaban J connectivity index is 0.000000360. The zero-order chi connectivity index (χ0) is 23.7. The standard InChI is InChI=1S/C17H16ClNO5S.C2H2F3NO/c18-16-13-4-5-19-8-15(14(13)7-11-9-23-24-17(11)16)10-2-1-3-12(6-10)25(20,21)22;3-2(4,5)1(6)7/h1-3,6-7,15,19H,4-5,8-9H2,(H,20,21,22);(H2,6,7). The van der Waals surface area contributed by atoms with Gasteiger partial charge in [-0.1, -0.05) is 23.7 Å². The Morgan fingerprint density at radius 2 is 1.97 bits per heavy atom. The maximum absolute atomic E-state index is 11.5. The molecule has 32 heavy (non-hydrogen) atoms. The molecule has 1 unspecified atom stereocenters. The maximum Gasteiger partial charge on any atom is 0.470 e. The first kappa shape index (κ1) is 24.3. The number of alkyl halides is 3. The number of hydrogen-bond donors (Lipinski definition) is 3. The summed E-state index contributed by atoms with van der Waals surface area (Å²) in [7, 11) is -4.25. The van der Waals surface area contributed by atoms with Crippen LogP contribution >= 0.6 is 11.6 Å². The van der Waals surface area contributed by atoms with E-state index in [4.69, 9.17) is 26.2 Å². The van der Waals surface area contributed by atoms with E-state index in [0.717, 1.165) is 35.2 Å². The highest BCUT2D eigenvalue weighted by Gasteiger charge is 2.35. The first-order chi connectivity index (χ1) is 14.9. The summed E-state index contributed by atoms with van der Waals surface area (Å²) in [6.07, 6.45) is -4.13. The quantitative estimate of drug-likeness (QED) is 0.432. The van der Waals surface area contributed by atoms with Gasteiger partial charge in [0.15, 0.2) is 5.75 Å². The molecule has 0 fully saturated rings. The smallest absolute Gasteiger partial charge is 0.362 e. The minimum atomic E-state index is -4.86. The van der Waals surface area contributed by atoms with Crippen molar-refractivity contribution in [2.24, 2.45) is 5.73 Å². The van der Waals surface area contributed by atoms with Crippen LogP contribution in [0.2, 0.25) is 5.02 Å².